The van der Waals surface area contributed by atoms with E-state index < -0.39 is 5.66 Å². The van der Waals surface area contributed by atoms with Crippen LogP contribution in [0.5, 0.6) is 0 Å². The largest absolute Gasteiger partial charge is 0.383 e. The maximum absolute atomic E-state index is 8.82. The second kappa shape index (κ2) is 3.00. The van der Waals surface area contributed by atoms with Crippen molar-refractivity contribution in [3.63, 3.8) is 0 Å². The van der Waals surface area contributed by atoms with Crippen LogP contribution >= 0.6 is 0 Å². The molecular weight excluding hydrogens is 192 g/mol. The van der Waals surface area contributed by atoms with Gasteiger partial charge >= 0.3 is 0 Å². The summed E-state index contributed by atoms with van der Waals surface area (Å²) < 4.78 is 0. The number of nitrogens with two attached hydrogens (primary N) is 2. The van der Waals surface area contributed by atoms with Crippen LogP contribution in [0.2, 0.25) is 0 Å². The van der Waals surface area contributed by atoms with Crippen molar-refractivity contribution in [2.45, 2.75) is 19.0 Å². The van der Waals surface area contributed by atoms with Crippen molar-refractivity contribution in [1.29, 1.82) is 5.26 Å². The van der Waals surface area contributed by atoms with Crippen molar-refractivity contribution in [1.82, 2.24) is 4.98 Å². The summed E-state index contributed by atoms with van der Waals surface area (Å²) >= 11 is 0. The number of fused-ring (bicyclic) bond motifs is 1. The number of aromatic nitrogens is 1. The van der Waals surface area contributed by atoms with E-state index in [2.05, 4.69) is 15.2 Å². The molecule has 0 aliphatic carbocycles. The lowest BCUT2D eigenvalue weighted by Crippen LogP contribution is -2.31. The van der Waals surface area contributed by atoms with Crippen LogP contribution in [-0.2, 0) is 5.66 Å². The van der Waals surface area contributed by atoms with Gasteiger partial charge in [0.25, 0.3) is 0 Å². The van der Waals surface area contributed by atoms with Crippen LogP contribution in [-0.4, -0.2) is 4.98 Å². The van der Waals surface area contributed by atoms with Crippen LogP contribution in [0.3, 0.4) is 0 Å². The van der Waals surface area contributed by atoms with Crippen LogP contribution in [0.15, 0.2) is 16.3 Å². The molecule has 0 fully saturated rings. The highest BCUT2D eigenvalue weighted by Crippen LogP contribution is 2.38. The monoisotopic (exact) mass is 202 g/mol. The van der Waals surface area contributed by atoms with Gasteiger partial charge in [0.05, 0.1) is 5.56 Å². The Morgan fingerprint density at radius 1 is 1.60 bits per heavy atom. The van der Waals surface area contributed by atoms with Crippen LogP contribution in [0.25, 0.3) is 0 Å². The molecule has 1 aromatic rings. The van der Waals surface area contributed by atoms with E-state index >= 15 is 0 Å². The molecule has 2 heterocycles. The first kappa shape index (κ1) is 9.55. The molecule has 1 aliphatic heterocycles. The molecule has 0 saturated heterocycles. The Kier molecular flexibility index (Phi) is 1.91. The van der Waals surface area contributed by atoms with E-state index in [1.807, 2.05) is 13.0 Å². The third kappa shape index (κ3) is 1.25. The Balaban J connectivity index is 2.64. The van der Waals surface area contributed by atoms with E-state index in [9.17, 15) is 0 Å². The molecule has 1 aromatic heterocycles. The van der Waals surface area contributed by atoms with Crippen molar-refractivity contribution < 1.29 is 0 Å². The molecule has 2 rings (SSSR count). The summed E-state index contributed by atoms with van der Waals surface area (Å²) in [6.45, 7) is 1.90. The standard InChI is InChI=1S/C9H10N6/c1-2-9(12)6-3-5(4-10)7(11)13-8(6)14-15-9/h3H,2,12H2,1H3,(H2,11,13). The third-order valence-electron chi connectivity index (χ3n) is 2.48. The quantitative estimate of drug-likeness (QED) is 0.710. The lowest BCUT2D eigenvalue weighted by Gasteiger charge is -2.17. The van der Waals surface area contributed by atoms with Gasteiger partial charge in [-0.3, -0.25) is 0 Å². The molecule has 6 nitrogen and oxygen atoms in total. The Bertz CT molecular complexity index is 486. The molecule has 6 heteroatoms. The van der Waals surface area contributed by atoms with Gasteiger partial charge in [0.15, 0.2) is 11.5 Å². The first-order valence-corrected chi connectivity index (χ1v) is 4.53. The van der Waals surface area contributed by atoms with Crippen molar-refractivity contribution in [2.75, 3.05) is 5.73 Å². The minimum atomic E-state index is -0.859. The normalized spacial score (nSPS) is 22.5. The van der Waals surface area contributed by atoms with Crippen LogP contribution in [0, 0.1) is 11.3 Å². The highest BCUT2D eigenvalue weighted by Gasteiger charge is 2.34. The summed E-state index contributed by atoms with van der Waals surface area (Å²) in [6.07, 6.45) is 0.597. The lowest BCUT2D eigenvalue weighted by molar-refractivity contribution is 0.450. The summed E-state index contributed by atoms with van der Waals surface area (Å²) in [7, 11) is 0. The minimum absolute atomic E-state index is 0.163. The average molecular weight is 202 g/mol. The van der Waals surface area contributed by atoms with Gasteiger partial charge in [-0.05, 0) is 12.5 Å². The molecule has 0 radical (unpaired) electrons. The van der Waals surface area contributed by atoms with E-state index in [1.54, 1.807) is 6.07 Å². The lowest BCUT2D eigenvalue weighted by atomic mass is 9.99. The highest BCUT2D eigenvalue weighted by molar-refractivity contribution is 5.59. The smallest absolute Gasteiger partial charge is 0.183 e. The highest BCUT2D eigenvalue weighted by atomic mass is 15.3. The minimum Gasteiger partial charge on any atom is -0.383 e. The van der Waals surface area contributed by atoms with Crippen LogP contribution in [0.4, 0.5) is 11.6 Å². The zero-order valence-corrected chi connectivity index (χ0v) is 8.23. The molecular formula is C9H10N6. The van der Waals surface area contributed by atoms with Crippen LogP contribution < -0.4 is 11.5 Å². The zero-order valence-electron chi connectivity index (χ0n) is 8.23. The predicted octanol–water partition coefficient (Wildman–Crippen LogP) is 1.15. The number of azo groups is 1. The molecule has 0 aromatic carbocycles. The number of anilines is 1. The van der Waals surface area contributed by atoms with Gasteiger partial charge in [0, 0.05) is 5.56 Å². The van der Waals surface area contributed by atoms with Crippen molar-refractivity contribution in [2.24, 2.45) is 16.0 Å². The van der Waals surface area contributed by atoms with E-state index in [1.165, 1.54) is 0 Å². The van der Waals surface area contributed by atoms with Crippen LogP contribution in [0.1, 0.15) is 24.5 Å². The molecule has 1 aliphatic rings. The fraction of sp³-hybridized carbons (Fsp3) is 0.333. The number of rotatable bonds is 1. The Labute approximate surface area is 86.6 Å². The van der Waals surface area contributed by atoms with E-state index in [-0.39, 0.29) is 5.82 Å². The molecule has 4 N–H and O–H groups in total. The van der Waals surface area contributed by atoms with Gasteiger partial charge in [-0.2, -0.15) is 10.4 Å². The summed E-state index contributed by atoms with van der Waals surface area (Å²) in [6, 6.07) is 3.57. The van der Waals surface area contributed by atoms with Gasteiger partial charge in [0.2, 0.25) is 0 Å². The van der Waals surface area contributed by atoms with Gasteiger partial charge in [-0.25, -0.2) is 4.98 Å². The molecule has 0 saturated carbocycles. The molecule has 0 amide bonds. The molecule has 76 valence electrons. The van der Waals surface area contributed by atoms with E-state index in [0.717, 1.165) is 0 Å². The van der Waals surface area contributed by atoms with E-state index in [4.69, 9.17) is 16.7 Å². The summed E-state index contributed by atoms with van der Waals surface area (Å²) in [5.74, 6) is 0.575. The first-order valence-electron chi connectivity index (χ1n) is 4.53. The number of nitrogen functional groups attached to an aromatic ring is 1. The number of hydrogen-bond acceptors (Lipinski definition) is 6. The average Bonchev–Trinajstić information content (AvgIpc) is 2.56. The number of pyridine rings is 1. The second-order valence-corrected chi connectivity index (χ2v) is 3.38. The summed E-state index contributed by atoms with van der Waals surface area (Å²) in [4.78, 5) is 3.98. The van der Waals surface area contributed by atoms with Crippen molar-refractivity contribution in [3.8, 4) is 6.07 Å². The Morgan fingerprint density at radius 3 is 2.93 bits per heavy atom. The third-order valence-corrected chi connectivity index (χ3v) is 2.48. The topological polar surface area (TPSA) is 113 Å². The molecule has 0 bridgehead atoms. The second-order valence-electron chi connectivity index (χ2n) is 3.38. The SMILES string of the molecule is CCC1(N)N=Nc2nc(N)c(C#N)cc21. The van der Waals surface area contributed by atoms with Gasteiger partial charge < -0.3 is 11.5 Å². The molecule has 15 heavy (non-hydrogen) atoms. The van der Waals surface area contributed by atoms with Gasteiger partial charge in [0.1, 0.15) is 11.9 Å². The maximum Gasteiger partial charge on any atom is 0.183 e. The summed E-state index contributed by atoms with van der Waals surface area (Å²) in [5, 5.41) is 16.6. The van der Waals surface area contributed by atoms with Gasteiger partial charge in [-0.1, -0.05) is 6.92 Å². The summed E-state index contributed by atoms with van der Waals surface area (Å²) in [5.41, 5.74) is 11.7. The fourth-order valence-corrected chi connectivity index (χ4v) is 1.45. The van der Waals surface area contributed by atoms with Crippen molar-refractivity contribution >= 4 is 11.6 Å². The predicted molar refractivity (Wildman–Crippen MR) is 54.0 cm³/mol. The fourth-order valence-electron chi connectivity index (χ4n) is 1.45. The number of nitrogens with zero attached hydrogens (tertiary/aromatic N) is 4. The van der Waals surface area contributed by atoms with Crippen molar-refractivity contribution in [3.05, 3.63) is 17.2 Å². The first-order chi connectivity index (χ1) is 7.10. The Hall–Kier alpha value is -2.00. The number of nitriles is 1. The Morgan fingerprint density at radius 2 is 2.33 bits per heavy atom. The maximum atomic E-state index is 8.82. The number of hydrogen-bond donors (Lipinski definition) is 2. The van der Waals surface area contributed by atoms with Gasteiger partial charge in [-0.15, -0.1) is 5.11 Å². The molecule has 1 atom stereocenters. The molecule has 0 spiro atoms. The van der Waals surface area contributed by atoms with E-state index in [0.29, 0.717) is 23.4 Å². The molecule has 1 unspecified atom stereocenters. The zero-order chi connectivity index (χ0) is 11.1.